The molecule has 0 radical (unpaired) electrons. The smallest absolute Gasteiger partial charge is 0.326 e. The van der Waals surface area contributed by atoms with Gasteiger partial charge in [-0.15, -0.1) is 0 Å². The summed E-state index contributed by atoms with van der Waals surface area (Å²) in [5, 5.41) is 12.2. The SMILES string of the molecule is Cc1ccccc1-c1cc(COC(CC2CCCCC2)CN2CCSCC2)ccc1C(=O)NC(CCS(C)(=O)=O)C(=O)O. The quantitative estimate of drug-likeness (QED) is 0.294. The van der Waals surface area contributed by atoms with Crippen molar-refractivity contribution < 1.29 is 27.9 Å². The number of nitrogens with one attached hydrogen (secondary N) is 1. The van der Waals surface area contributed by atoms with E-state index in [1.807, 2.05) is 55.1 Å². The van der Waals surface area contributed by atoms with Gasteiger partial charge in [0.15, 0.2) is 0 Å². The Morgan fingerprint density at radius 1 is 1.07 bits per heavy atom. The normalized spacial score (nSPS) is 18.2. The first-order chi connectivity index (χ1) is 20.6. The average Bonchev–Trinajstić information content (AvgIpc) is 2.98. The Balaban J connectivity index is 1.54. The summed E-state index contributed by atoms with van der Waals surface area (Å²) < 4.78 is 29.9. The number of amides is 1. The lowest BCUT2D eigenvalue weighted by Crippen LogP contribution is -2.42. The van der Waals surface area contributed by atoms with Gasteiger partial charge in [0.1, 0.15) is 15.9 Å². The molecule has 1 heterocycles. The first kappa shape index (κ1) is 33.5. The monoisotopic (exact) mass is 630 g/mol. The molecule has 2 N–H and O–H groups in total. The van der Waals surface area contributed by atoms with Crippen LogP contribution in [0.4, 0.5) is 0 Å². The number of carboxylic acid groups (broad SMARTS) is 1. The maximum absolute atomic E-state index is 13.4. The van der Waals surface area contributed by atoms with E-state index >= 15 is 0 Å². The van der Waals surface area contributed by atoms with E-state index in [4.69, 9.17) is 4.74 Å². The number of benzene rings is 2. The van der Waals surface area contributed by atoms with E-state index in [9.17, 15) is 23.1 Å². The van der Waals surface area contributed by atoms with Gasteiger partial charge in [0.05, 0.1) is 18.5 Å². The second kappa shape index (κ2) is 16.1. The second-order valence-electron chi connectivity index (χ2n) is 12.1. The van der Waals surface area contributed by atoms with Gasteiger partial charge in [-0.25, -0.2) is 13.2 Å². The van der Waals surface area contributed by atoms with E-state index in [2.05, 4.69) is 10.2 Å². The molecule has 236 valence electrons. The van der Waals surface area contributed by atoms with Crippen LogP contribution in [-0.4, -0.2) is 85.6 Å². The van der Waals surface area contributed by atoms with Crippen LogP contribution >= 0.6 is 11.8 Å². The standard InChI is InChI=1S/C33H46N2O6S2/c1-24-8-6-7-11-28(24)30-21-26(12-13-29(30)32(36)34-31(33(37)38)14-19-43(2,39)40)23-41-27(20-25-9-4-3-5-10-25)22-35-15-17-42-18-16-35/h6-8,11-13,21,25,27,31H,3-5,9-10,14-20,22-23H2,1-2H3,(H,34,36)(H,37,38). The number of hydrogen-bond donors (Lipinski definition) is 2. The molecule has 43 heavy (non-hydrogen) atoms. The maximum Gasteiger partial charge on any atom is 0.326 e. The first-order valence-corrected chi connectivity index (χ1v) is 18.6. The number of sulfone groups is 1. The topological polar surface area (TPSA) is 113 Å². The Labute approximate surface area is 260 Å². The molecular formula is C33H46N2O6S2. The summed E-state index contributed by atoms with van der Waals surface area (Å²) >= 11 is 2.01. The van der Waals surface area contributed by atoms with Gasteiger partial charge in [-0.1, -0.05) is 62.4 Å². The molecule has 1 saturated carbocycles. The van der Waals surface area contributed by atoms with Crippen molar-refractivity contribution in [2.75, 3.05) is 43.1 Å². The Kier molecular flexibility index (Phi) is 12.5. The molecule has 1 aliphatic carbocycles. The molecule has 10 heteroatoms. The van der Waals surface area contributed by atoms with Crippen LogP contribution in [0.1, 0.15) is 66.4 Å². The molecule has 0 aromatic heterocycles. The van der Waals surface area contributed by atoms with Crippen LogP contribution < -0.4 is 5.32 Å². The zero-order valence-electron chi connectivity index (χ0n) is 25.4. The molecular weight excluding hydrogens is 585 g/mol. The molecule has 2 fully saturated rings. The lowest BCUT2D eigenvalue weighted by molar-refractivity contribution is -0.139. The summed E-state index contributed by atoms with van der Waals surface area (Å²) in [4.78, 5) is 27.8. The van der Waals surface area contributed by atoms with Crippen LogP contribution in [0.3, 0.4) is 0 Å². The largest absolute Gasteiger partial charge is 0.480 e. The highest BCUT2D eigenvalue weighted by atomic mass is 32.2. The number of carbonyl (C=O) groups is 2. The predicted octanol–water partition coefficient (Wildman–Crippen LogP) is 5.18. The highest BCUT2D eigenvalue weighted by Gasteiger charge is 2.26. The lowest BCUT2D eigenvalue weighted by atomic mass is 9.85. The predicted molar refractivity (Wildman–Crippen MR) is 173 cm³/mol. The van der Waals surface area contributed by atoms with Gasteiger partial charge in [0, 0.05) is 43.0 Å². The van der Waals surface area contributed by atoms with Crippen molar-refractivity contribution in [2.45, 2.75) is 70.6 Å². The molecule has 0 spiro atoms. The first-order valence-electron chi connectivity index (χ1n) is 15.4. The van der Waals surface area contributed by atoms with Crippen molar-refractivity contribution in [1.82, 2.24) is 10.2 Å². The second-order valence-corrected chi connectivity index (χ2v) is 15.5. The molecule has 1 saturated heterocycles. The Morgan fingerprint density at radius 2 is 1.79 bits per heavy atom. The highest BCUT2D eigenvalue weighted by molar-refractivity contribution is 7.99. The number of carboxylic acids is 1. The fourth-order valence-electron chi connectivity index (χ4n) is 6.08. The van der Waals surface area contributed by atoms with Crippen molar-refractivity contribution >= 4 is 33.5 Å². The van der Waals surface area contributed by atoms with Crippen molar-refractivity contribution in [2.24, 2.45) is 5.92 Å². The van der Waals surface area contributed by atoms with Crippen molar-refractivity contribution in [3.05, 3.63) is 59.2 Å². The summed E-state index contributed by atoms with van der Waals surface area (Å²) in [7, 11) is -3.38. The molecule has 4 rings (SSSR count). The summed E-state index contributed by atoms with van der Waals surface area (Å²) in [5.74, 6) is 0.882. The van der Waals surface area contributed by atoms with Gasteiger partial charge < -0.3 is 15.2 Å². The molecule has 2 aromatic carbocycles. The summed E-state index contributed by atoms with van der Waals surface area (Å²) in [6.45, 7) is 5.53. The molecule has 1 aliphatic heterocycles. The molecule has 2 aromatic rings. The van der Waals surface area contributed by atoms with Gasteiger partial charge >= 0.3 is 5.97 Å². The van der Waals surface area contributed by atoms with Crippen LogP contribution in [0.15, 0.2) is 42.5 Å². The lowest BCUT2D eigenvalue weighted by Gasteiger charge is -2.33. The third-order valence-electron chi connectivity index (χ3n) is 8.52. The molecule has 1 amide bonds. The number of aliphatic carboxylic acids is 1. The Bertz CT molecular complexity index is 1320. The third kappa shape index (κ3) is 10.6. The van der Waals surface area contributed by atoms with Gasteiger partial charge in [-0.3, -0.25) is 9.69 Å². The fraction of sp³-hybridized carbons (Fsp3) is 0.576. The number of nitrogens with zero attached hydrogens (tertiary/aromatic N) is 1. The van der Waals surface area contributed by atoms with E-state index in [1.165, 1.54) is 32.1 Å². The zero-order valence-corrected chi connectivity index (χ0v) is 27.1. The van der Waals surface area contributed by atoms with E-state index in [-0.39, 0.29) is 18.3 Å². The minimum absolute atomic E-state index is 0.141. The minimum Gasteiger partial charge on any atom is -0.480 e. The minimum atomic E-state index is -3.38. The number of hydrogen-bond acceptors (Lipinski definition) is 7. The van der Waals surface area contributed by atoms with Gasteiger partial charge in [0.2, 0.25) is 0 Å². The van der Waals surface area contributed by atoms with Crippen LogP contribution in [-0.2, 0) is 26.0 Å². The van der Waals surface area contributed by atoms with Crippen LogP contribution in [0.5, 0.6) is 0 Å². The van der Waals surface area contributed by atoms with Gasteiger partial charge in [-0.05, 0) is 60.1 Å². The molecule has 8 nitrogen and oxygen atoms in total. The molecule has 2 aliphatic rings. The number of thioether (sulfide) groups is 1. The van der Waals surface area contributed by atoms with Gasteiger partial charge in [0.25, 0.3) is 5.91 Å². The van der Waals surface area contributed by atoms with Crippen LogP contribution in [0.2, 0.25) is 0 Å². The summed E-state index contributed by atoms with van der Waals surface area (Å²) in [5.41, 5.74) is 3.85. The fourth-order valence-corrected chi connectivity index (χ4v) is 7.72. The Hall–Kier alpha value is -2.40. The average molecular weight is 631 g/mol. The van der Waals surface area contributed by atoms with Crippen LogP contribution in [0.25, 0.3) is 11.1 Å². The molecule has 0 bridgehead atoms. The zero-order chi connectivity index (χ0) is 30.8. The van der Waals surface area contributed by atoms with Crippen LogP contribution in [0, 0.1) is 12.8 Å². The van der Waals surface area contributed by atoms with Crippen molar-refractivity contribution in [3.8, 4) is 11.1 Å². The van der Waals surface area contributed by atoms with Crippen molar-refractivity contribution in [3.63, 3.8) is 0 Å². The third-order valence-corrected chi connectivity index (χ3v) is 10.4. The van der Waals surface area contributed by atoms with E-state index in [0.29, 0.717) is 23.7 Å². The van der Waals surface area contributed by atoms with E-state index < -0.39 is 27.8 Å². The summed E-state index contributed by atoms with van der Waals surface area (Å²) in [6, 6.07) is 12.0. The number of aryl methyl sites for hydroxylation is 1. The van der Waals surface area contributed by atoms with Gasteiger partial charge in [-0.2, -0.15) is 11.8 Å². The number of rotatable bonds is 14. The number of carbonyl (C=O) groups excluding carboxylic acids is 1. The van der Waals surface area contributed by atoms with E-state index in [1.54, 1.807) is 6.07 Å². The number of ether oxygens (including phenoxy) is 1. The van der Waals surface area contributed by atoms with E-state index in [0.717, 1.165) is 60.5 Å². The maximum atomic E-state index is 13.4. The Morgan fingerprint density at radius 3 is 2.47 bits per heavy atom. The molecule has 2 atom stereocenters. The molecule has 2 unspecified atom stereocenters. The summed E-state index contributed by atoms with van der Waals surface area (Å²) in [6.07, 6.45) is 8.55. The van der Waals surface area contributed by atoms with Crippen molar-refractivity contribution in [1.29, 1.82) is 0 Å². The highest BCUT2D eigenvalue weighted by Crippen LogP contribution is 2.31.